The predicted molar refractivity (Wildman–Crippen MR) is 105 cm³/mol. The zero-order valence-electron chi connectivity index (χ0n) is 15.6. The number of rotatable bonds is 8. The van der Waals surface area contributed by atoms with Crippen LogP contribution in [0.15, 0.2) is 72.3 Å². The Bertz CT molecular complexity index is 749. The van der Waals surface area contributed by atoms with Gasteiger partial charge in [0.25, 0.3) is 0 Å². The first kappa shape index (κ1) is 18.1. The van der Waals surface area contributed by atoms with Crippen LogP contribution < -0.4 is 0 Å². The Morgan fingerprint density at radius 2 is 1.41 bits per heavy atom. The van der Waals surface area contributed by atoms with Crippen LogP contribution in [0.25, 0.3) is 0 Å². The van der Waals surface area contributed by atoms with E-state index in [-0.39, 0.29) is 5.41 Å². The van der Waals surface area contributed by atoms with E-state index < -0.39 is 0 Å². The number of ketones is 1. The van der Waals surface area contributed by atoms with Crippen molar-refractivity contribution in [2.75, 3.05) is 13.2 Å². The van der Waals surface area contributed by atoms with Gasteiger partial charge in [0.1, 0.15) is 5.78 Å². The number of hydrogen-bond acceptors (Lipinski definition) is 3. The van der Waals surface area contributed by atoms with E-state index in [1.165, 1.54) is 16.7 Å². The molecule has 0 spiro atoms. The quantitative estimate of drug-likeness (QED) is 0.638. The van der Waals surface area contributed by atoms with Crippen molar-refractivity contribution in [2.24, 2.45) is 11.3 Å². The highest BCUT2D eigenvalue weighted by Gasteiger charge is 2.43. The lowest BCUT2D eigenvalue weighted by molar-refractivity contribution is -0.117. The van der Waals surface area contributed by atoms with Crippen LogP contribution in [0.1, 0.15) is 30.4 Å². The maximum Gasteiger partial charge on any atom is 0.137 e. The fourth-order valence-corrected chi connectivity index (χ4v) is 4.30. The van der Waals surface area contributed by atoms with Crippen LogP contribution in [0.3, 0.4) is 0 Å². The van der Waals surface area contributed by atoms with E-state index in [1.54, 1.807) is 0 Å². The second-order valence-corrected chi connectivity index (χ2v) is 7.86. The zero-order chi connectivity index (χ0) is 18.5. The number of carbonyl (C=O) groups is 1. The summed E-state index contributed by atoms with van der Waals surface area (Å²) in [5.41, 5.74) is 3.54. The van der Waals surface area contributed by atoms with Crippen LogP contribution in [0.2, 0.25) is 0 Å². The van der Waals surface area contributed by atoms with Crippen molar-refractivity contribution in [2.45, 2.75) is 32.5 Å². The molecule has 2 aliphatic carbocycles. The molecule has 0 amide bonds. The summed E-state index contributed by atoms with van der Waals surface area (Å²) in [5.74, 6) is 0.758. The van der Waals surface area contributed by atoms with Gasteiger partial charge in [0.05, 0.1) is 26.4 Å². The minimum Gasteiger partial charge on any atom is -0.376 e. The molecule has 1 saturated carbocycles. The number of Topliss-reactive ketones (excluding diaryl/α,β-unsaturated/α-hetero) is 1. The summed E-state index contributed by atoms with van der Waals surface area (Å²) >= 11 is 0. The van der Waals surface area contributed by atoms with E-state index in [9.17, 15) is 4.79 Å². The first-order valence-electron chi connectivity index (χ1n) is 9.69. The van der Waals surface area contributed by atoms with Crippen LogP contribution >= 0.6 is 0 Å². The lowest BCUT2D eigenvalue weighted by atomic mass is 9.86. The minimum absolute atomic E-state index is 0.121. The Balaban J connectivity index is 1.39. The molecule has 2 aromatic carbocycles. The lowest BCUT2D eigenvalue weighted by Gasteiger charge is -2.28. The predicted octanol–water partition coefficient (Wildman–Crippen LogP) is 4.72. The average molecular weight is 362 g/mol. The van der Waals surface area contributed by atoms with Gasteiger partial charge in [0.15, 0.2) is 0 Å². The van der Waals surface area contributed by atoms with E-state index >= 15 is 0 Å². The van der Waals surface area contributed by atoms with Gasteiger partial charge in [0.2, 0.25) is 0 Å². The fraction of sp³-hybridized carbons (Fsp3) is 0.375. The van der Waals surface area contributed by atoms with Crippen molar-refractivity contribution in [3.05, 3.63) is 83.4 Å². The Morgan fingerprint density at radius 1 is 0.852 bits per heavy atom. The molecule has 0 aliphatic heterocycles. The summed E-state index contributed by atoms with van der Waals surface area (Å²) in [6, 6.07) is 20.5. The van der Waals surface area contributed by atoms with Crippen LogP contribution in [-0.4, -0.2) is 19.0 Å². The molecule has 0 saturated heterocycles. The molecule has 140 valence electrons. The summed E-state index contributed by atoms with van der Waals surface area (Å²) in [6.07, 6.45) is 4.55. The molecule has 2 aliphatic rings. The number of carbonyl (C=O) groups excluding carboxylic acids is 1. The maximum atomic E-state index is 11.8. The van der Waals surface area contributed by atoms with Gasteiger partial charge >= 0.3 is 0 Å². The fourth-order valence-electron chi connectivity index (χ4n) is 4.30. The highest BCUT2D eigenvalue weighted by atomic mass is 16.5. The van der Waals surface area contributed by atoms with E-state index in [4.69, 9.17) is 9.47 Å². The van der Waals surface area contributed by atoms with Gasteiger partial charge in [-0.05, 0) is 23.5 Å². The Labute approximate surface area is 161 Å². The number of ether oxygens (including phenoxy) is 2. The molecule has 4 rings (SSSR count). The topological polar surface area (TPSA) is 35.5 Å². The van der Waals surface area contributed by atoms with Gasteiger partial charge in [-0.2, -0.15) is 0 Å². The third kappa shape index (κ3) is 4.55. The van der Waals surface area contributed by atoms with E-state index in [0.717, 1.165) is 6.42 Å². The van der Waals surface area contributed by atoms with Crippen molar-refractivity contribution < 1.29 is 14.3 Å². The second kappa shape index (κ2) is 8.20. The van der Waals surface area contributed by atoms with Crippen LogP contribution in [-0.2, 0) is 27.5 Å². The first-order chi connectivity index (χ1) is 13.2. The molecular weight excluding hydrogens is 336 g/mol. The summed E-state index contributed by atoms with van der Waals surface area (Å²) in [4.78, 5) is 11.8. The largest absolute Gasteiger partial charge is 0.376 e. The van der Waals surface area contributed by atoms with E-state index in [1.807, 2.05) is 36.4 Å². The smallest absolute Gasteiger partial charge is 0.137 e. The molecule has 3 nitrogen and oxygen atoms in total. The molecule has 0 bridgehead atoms. The number of benzene rings is 2. The Kier molecular flexibility index (Phi) is 5.51. The number of fused-ring (bicyclic) bond motifs is 1. The average Bonchev–Trinajstić information content (AvgIpc) is 3.17. The normalized spacial score (nSPS) is 20.5. The van der Waals surface area contributed by atoms with Crippen molar-refractivity contribution in [3.63, 3.8) is 0 Å². The van der Waals surface area contributed by atoms with E-state index in [2.05, 4.69) is 30.3 Å². The second-order valence-electron chi connectivity index (χ2n) is 7.86. The zero-order valence-corrected chi connectivity index (χ0v) is 15.6. The molecule has 3 heteroatoms. The molecule has 2 aromatic rings. The Hall–Kier alpha value is -2.23. The van der Waals surface area contributed by atoms with Crippen molar-refractivity contribution in [3.8, 4) is 0 Å². The van der Waals surface area contributed by atoms with Crippen molar-refractivity contribution >= 4 is 5.78 Å². The maximum absolute atomic E-state index is 11.8. The summed E-state index contributed by atoms with van der Waals surface area (Å²) in [7, 11) is 0. The molecule has 0 N–H and O–H groups in total. The third-order valence-electron chi connectivity index (χ3n) is 5.55. The van der Waals surface area contributed by atoms with Gasteiger partial charge in [-0.25, -0.2) is 0 Å². The SMILES string of the molecule is O=C1CC2=CC(COCc3ccccc3)(COCc3ccccc3)CC2C1. The minimum atomic E-state index is -0.121. The molecule has 1 fully saturated rings. The molecule has 0 radical (unpaired) electrons. The molecule has 1 unspecified atom stereocenters. The van der Waals surface area contributed by atoms with Gasteiger partial charge in [-0.1, -0.05) is 72.3 Å². The molecule has 1 atom stereocenters. The van der Waals surface area contributed by atoms with Gasteiger partial charge in [-0.3, -0.25) is 4.79 Å². The van der Waals surface area contributed by atoms with Gasteiger partial charge in [0, 0.05) is 18.3 Å². The summed E-state index contributed by atoms with van der Waals surface area (Å²) in [6.45, 7) is 2.47. The highest BCUT2D eigenvalue weighted by Crippen LogP contribution is 2.47. The van der Waals surface area contributed by atoms with Gasteiger partial charge < -0.3 is 9.47 Å². The summed E-state index contributed by atoms with van der Waals surface area (Å²) < 4.78 is 12.2. The number of hydrogen-bond donors (Lipinski definition) is 0. The molecule has 27 heavy (non-hydrogen) atoms. The third-order valence-corrected chi connectivity index (χ3v) is 5.55. The highest BCUT2D eigenvalue weighted by molar-refractivity contribution is 5.85. The van der Waals surface area contributed by atoms with Crippen LogP contribution in [0.4, 0.5) is 0 Å². The standard InChI is InChI=1S/C24H26O3/c25-23-11-21-13-24(14-22(21)12-23,17-26-15-19-7-3-1-4-8-19)18-27-16-20-9-5-2-6-10-20/h1-10,13,22H,11-12,14-18H2. The van der Waals surface area contributed by atoms with Gasteiger partial charge in [-0.15, -0.1) is 0 Å². The van der Waals surface area contributed by atoms with Crippen molar-refractivity contribution in [1.82, 2.24) is 0 Å². The lowest BCUT2D eigenvalue weighted by Crippen LogP contribution is -2.30. The van der Waals surface area contributed by atoms with E-state index in [0.29, 0.717) is 51.0 Å². The monoisotopic (exact) mass is 362 g/mol. The van der Waals surface area contributed by atoms with Crippen LogP contribution in [0.5, 0.6) is 0 Å². The molecule has 0 heterocycles. The first-order valence-corrected chi connectivity index (χ1v) is 9.69. The molecule has 0 aromatic heterocycles. The number of allylic oxidation sites excluding steroid dienone is 1. The van der Waals surface area contributed by atoms with Crippen LogP contribution in [0, 0.1) is 11.3 Å². The van der Waals surface area contributed by atoms with Crippen molar-refractivity contribution in [1.29, 1.82) is 0 Å². The summed E-state index contributed by atoms with van der Waals surface area (Å²) in [5, 5.41) is 0. The Morgan fingerprint density at radius 3 is 1.93 bits per heavy atom. The molecular formula is C24H26O3.